The molecule has 1 unspecified atom stereocenters. The number of allylic oxidation sites excluding steroid dienone is 3. The van der Waals surface area contributed by atoms with Gasteiger partial charge in [0.1, 0.15) is 17.0 Å². The average Bonchev–Trinajstić information content (AvgIpc) is 2.40. The molecule has 1 aliphatic rings. The fourth-order valence-corrected chi connectivity index (χ4v) is 1.58. The van der Waals surface area contributed by atoms with Crippen LogP contribution in [0.3, 0.4) is 0 Å². The van der Waals surface area contributed by atoms with Gasteiger partial charge in [0.2, 0.25) is 0 Å². The summed E-state index contributed by atoms with van der Waals surface area (Å²) < 4.78 is 24.8. The summed E-state index contributed by atoms with van der Waals surface area (Å²) in [5.74, 6) is 0. The van der Waals surface area contributed by atoms with Gasteiger partial charge in [0, 0.05) is 7.05 Å². The maximum absolute atomic E-state index is 12.4. The molecule has 0 saturated heterocycles. The van der Waals surface area contributed by atoms with Crippen molar-refractivity contribution in [2.24, 2.45) is 15.1 Å². The van der Waals surface area contributed by atoms with E-state index in [0.29, 0.717) is 16.6 Å². The first-order valence-corrected chi connectivity index (χ1v) is 6.45. The van der Waals surface area contributed by atoms with E-state index in [2.05, 4.69) is 15.1 Å². The molecule has 4 nitrogen and oxygen atoms in total. The molecule has 1 heterocycles. The maximum atomic E-state index is 12.4. The standard InChI is InChI=1S/C13H17ClF2N4/c1-5-10-11(6-7-12(14)18-10)17-9(3)20(4)19-8(2)13(15)16/h5-7,9,13H,1-4H3/b10-5+,17-11?,19-8+. The molecule has 0 aliphatic carbocycles. The predicted molar refractivity (Wildman–Crippen MR) is 80.0 cm³/mol. The van der Waals surface area contributed by atoms with Gasteiger partial charge in [-0.25, -0.2) is 13.8 Å². The minimum Gasteiger partial charge on any atom is -0.276 e. The first-order valence-electron chi connectivity index (χ1n) is 6.08. The minimum atomic E-state index is -2.57. The molecule has 110 valence electrons. The number of nitrogens with zero attached hydrogens (tertiary/aromatic N) is 4. The molecular weight excluding hydrogens is 286 g/mol. The number of rotatable bonds is 4. The average molecular weight is 303 g/mol. The number of halogens is 3. The van der Waals surface area contributed by atoms with E-state index < -0.39 is 12.6 Å². The number of dihydropyridines is 1. The summed E-state index contributed by atoms with van der Waals surface area (Å²) in [5, 5.41) is 5.56. The molecule has 0 radical (unpaired) electrons. The maximum Gasteiger partial charge on any atom is 0.278 e. The first-order chi connectivity index (χ1) is 9.35. The second kappa shape index (κ2) is 7.28. The normalized spacial score (nSPS) is 21.6. The molecular formula is C13H17ClF2N4. The van der Waals surface area contributed by atoms with Crippen LogP contribution in [0.5, 0.6) is 0 Å². The van der Waals surface area contributed by atoms with E-state index in [1.165, 1.54) is 11.9 Å². The molecule has 0 amide bonds. The van der Waals surface area contributed by atoms with Gasteiger partial charge < -0.3 is 0 Å². The second-order valence-electron chi connectivity index (χ2n) is 4.20. The molecule has 0 bridgehead atoms. The van der Waals surface area contributed by atoms with Crippen LogP contribution in [-0.4, -0.2) is 41.2 Å². The number of hydrogen-bond donors (Lipinski definition) is 0. The Balaban J connectivity index is 2.89. The van der Waals surface area contributed by atoms with Crippen LogP contribution in [0.25, 0.3) is 0 Å². The molecule has 0 spiro atoms. The molecule has 0 N–H and O–H groups in total. The van der Waals surface area contributed by atoms with Crippen LogP contribution in [0, 0.1) is 0 Å². The summed E-state index contributed by atoms with van der Waals surface area (Å²) in [5.41, 5.74) is 1.04. The highest BCUT2D eigenvalue weighted by Crippen LogP contribution is 2.13. The van der Waals surface area contributed by atoms with Crippen molar-refractivity contribution >= 4 is 28.2 Å². The van der Waals surface area contributed by atoms with Crippen molar-refractivity contribution < 1.29 is 8.78 Å². The van der Waals surface area contributed by atoms with E-state index in [1.54, 1.807) is 32.2 Å². The van der Waals surface area contributed by atoms with Crippen molar-refractivity contribution in [3.63, 3.8) is 0 Å². The summed E-state index contributed by atoms with van der Waals surface area (Å²) >= 11 is 5.81. The predicted octanol–water partition coefficient (Wildman–Crippen LogP) is 3.46. The zero-order chi connectivity index (χ0) is 15.3. The molecule has 20 heavy (non-hydrogen) atoms. The van der Waals surface area contributed by atoms with Gasteiger partial charge in [0.25, 0.3) is 6.43 Å². The van der Waals surface area contributed by atoms with E-state index in [4.69, 9.17) is 11.6 Å². The van der Waals surface area contributed by atoms with Crippen LogP contribution < -0.4 is 0 Å². The Morgan fingerprint density at radius 3 is 2.65 bits per heavy atom. The van der Waals surface area contributed by atoms with Crippen molar-refractivity contribution in [2.75, 3.05) is 7.05 Å². The number of hydrazone groups is 1. The van der Waals surface area contributed by atoms with Crippen LogP contribution in [-0.2, 0) is 0 Å². The zero-order valence-electron chi connectivity index (χ0n) is 11.8. The van der Waals surface area contributed by atoms with Gasteiger partial charge in [-0.3, -0.25) is 10.0 Å². The lowest BCUT2D eigenvalue weighted by Gasteiger charge is -2.20. The van der Waals surface area contributed by atoms with Crippen molar-refractivity contribution in [3.8, 4) is 0 Å². The number of aliphatic imine (C=N–C) groups is 2. The molecule has 0 fully saturated rings. The van der Waals surface area contributed by atoms with Gasteiger partial charge in [-0.15, -0.1) is 0 Å². The quantitative estimate of drug-likeness (QED) is 0.579. The Labute approximate surface area is 122 Å². The molecule has 1 aliphatic heterocycles. The second-order valence-corrected chi connectivity index (χ2v) is 4.59. The van der Waals surface area contributed by atoms with Crippen LogP contribution in [0.2, 0.25) is 0 Å². The monoisotopic (exact) mass is 302 g/mol. The van der Waals surface area contributed by atoms with Gasteiger partial charge >= 0.3 is 0 Å². The summed E-state index contributed by atoms with van der Waals surface area (Å²) in [6.45, 7) is 4.87. The fourth-order valence-electron chi connectivity index (χ4n) is 1.43. The lowest BCUT2D eigenvalue weighted by Crippen LogP contribution is -2.26. The Hall–Kier alpha value is -1.56. The van der Waals surface area contributed by atoms with Gasteiger partial charge in [0.15, 0.2) is 0 Å². The van der Waals surface area contributed by atoms with Crippen molar-refractivity contribution in [1.82, 2.24) is 5.01 Å². The SMILES string of the molecule is C/C=C1/N=C(Cl)C=CC1=NC(C)N(C)/N=C(\C)C(F)F. The summed E-state index contributed by atoms with van der Waals surface area (Å²) in [6, 6.07) is 0. The topological polar surface area (TPSA) is 40.3 Å². The van der Waals surface area contributed by atoms with E-state index >= 15 is 0 Å². The Morgan fingerprint density at radius 1 is 1.45 bits per heavy atom. The molecule has 7 heteroatoms. The van der Waals surface area contributed by atoms with E-state index in [9.17, 15) is 8.78 Å². The van der Waals surface area contributed by atoms with Crippen LogP contribution in [0.4, 0.5) is 8.78 Å². The molecule has 0 aromatic rings. The van der Waals surface area contributed by atoms with Gasteiger partial charge in [-0.05, 0) is 32.9 Å². The fraction of sp³-hybridized carbons (Fsp3) is 0.462. The Kier molecular flexibility index (Phi) is 6.01. The van der Waals surface area contributed by atoms with Gasteiger partial charge in [-0.2, -0.15) is 5.10 Å². The van der Waals surface area contributed by atoms with Gasteiger partial charge in [0.05, 0.1) is 11.4 Å². The molecule has 0 aromatic heterocycles. The van der Waals surface area contributed by atoms with E-state index in [1.807, 2.05) is 6.92 Å². The minimum absolute atomic E-state index is 0.244. The lowest BCUT2D eigenvalue weighted by molar-refractivity contribution is 0.213. The lowest BCUT2D eigenvalue weighted by atomic mass is 10.2. The molecule has 0 aromatic carbocycles. The highest BCUT2D eigenvalue weighted by molar-refractivity contribution is 6.69. The summed E-state index contributed by atoms with van der Waals surface area (Å²) in [6.07, 6.45) is 2.18. The Morgan fingerprint density at radius 2 is 2.10 bits per heavy atom. The largest absolute Gasteiger partial charge is 0.278 e. The smallest absolute Gasteiger partial charge is 0.276 e. The summed E-state index contributed by atoms with van der Waals surface area (Å²) in [4.78, 5) is 8.54. The van der Waals surface area contributed by atoms with Crippen molar-refractivity contribution in [2.45, 2.75) is 33.4 Å². The molecule has 1 rings (SSSR count). The number of alkyl halides is 2. The van der Waals surface area contributed by atoms with Crippen molar-refractivity contribution in [3.05, 3.63) is 23.9 Å². The van der Waals surface area contributed by atoms with Crippen molar-refractivity contribution in [1.29, 1.82) is 0 Å². The molecule has 0 saturated carbocycles. The summed E-state index contributed by atoms with van der Waals surface area (Å²) in [7, 11) is 1.60. The Bertz CT molecular complexity index is 507. The molecule has 1 atom stereocenters. The zero-order valence-corrected chi connectivity index (χ0v) is 12.6. The van der Waals surface area contributed by atoms with Crippen LogP contribution in [0.1, 0.15) is 20.8 Å². The van der Waals surface area contributed by atoms with E-state index in [0.717, 1.165) is 0 Å². The third-order valence-corrected chi connectivity index (χ3v) is 2.85. The van der Waals surface area contributed by atoms with Crippen LogP contribution in [0.15, 0.2) is 39.0 Å². The third-order valence-electron chi connectivity index (χ3n) is 2.64. The highest BCUT2D eigenvalue weighted by atomic mass is 35.5. The third kappa shape index (κ3) is 4.52. The first kappa shape index (κ1) is 16.5. The van der Waals surface area contributed by atoms with Gasteiger partial charge in [-0.1, -0.05) is 17.7 Å². The highest BCUT2D eigenvalue weighted by Gasteiger charge is 2.14. The van der Waals surface area contributed by atoms with Crippen LogP contribution >= 0.6 is 11.6 Å². The number of hydrogen-bond acceptors (Lipinski definition) is 4. The van der Waals surface area contributed by atoms with E-state index in [-0.39, 0.29) is 5.71 Å².